The Morgan fingerprint density at radius 1 is 1.15 bits per heavy atom. The van der Waals surface area contributed by atoms with Crippen molar-refractivity contribution in [2.45, 2.75) is 32.0 Å². The van der Waals surface area contributed by atoms with Crippen LogP contribution in [0.3, 0.4) is 0 Å². The third-order valence-electron chi connectivity index (χ3n) is 4.11. The first-order valence-electron chi connectivity index (χ1n) is 8.53. The molecule has 0 aliphatic heterocycles. The van der Waals surface area contributed by atoms with Gasteiger partial charge in [-0.25, -0.2) is 0 Å². The van der Waals surface area contributed by atoms with Gasteiger partial charge < -0.3 is 9.73 Å². The second-order valence-electron chi connectivity index (χ2n) is 6.34. The molecule has 0 radical (unpaired) electrons. The van der Waals surface area contributed by atoms with E-state index in [1.165, 1.54) is 11.8 Å². The van der Waals surface area contributed by atoms with Crippen LogP contribution in [0.2, 0.25) is 0 Å². The Bertz CT molecular complexity index is 844. The molecule has 1 unspecified atom stereocenters. The van der Waals surface area contributed by atoms with E-state index in [0.29, 0.717) is 22.7 Å². The largest absolute Gasteiger partial charge is 0.461 e. The molecule has 136 valence electrons. The molecule has 2 aromatic heterocycles. The first-order chi connectivity index (χ1) is 12.6. The molecular formula is C19H22N4O2S. The highest BCUT2D eigenvalue weighted by Gasteiger charge is 2.19. The average molecular weight is 370 g/mol. The fourth-order valence-electron chi connectivity index (χ4n) is 2.33. The Morgan fingerprint density at radius 2 is 1.92 bits per heavy atom. The van der Waals surface area contributed by atoms with Crippen molar-refractivity contribution in [2.75, 3.05) is 5.75 Å². The summed E-state index contributed by atoms with van der Waals surface area (Å²) in [5.41, 5.74) is 0.919. The molecule has 0 aliphatic carbocycles. The highest BCUT2D eigenvalue weighted by atomic mass is 32.2. The first kappa shape index (κ1) is 18.3. The van der Waals surface area contributed by atoms with E-state index in [4.69, 9.17) is 4.42 Å². The van der Waals surface area contributed by atoms with Crippen molar-refractivity contribution in [3.05, 3.63) is 48.7 Å². The summed E-state index contributed by atoms with van der Waals surface area (Å²) in [7, 11) is 0. The number of hydrogen-bond donors (Lipinski definition) is 1. The van der Waals surface area contributed by atoms with Gasteiger partial charge in [0.15, 0.2) is 10.9 Å². The summed E-state index contributed by atoms with van der Waals surface area (Å²) in [6.07, 6.45) is 1.60. The van der Waals surface area contributed by atoms with E-state index in [0.717, 1.165) is 5.69 Å². The number of nitrogens with zero attached hydrogens (tertiary/aromatic N) is 3. The monoisotopic (exact) mass is 370 g/mol. The van der Waals surface area contributed by atoms with Gasteiger partial charge in [0.2, 0.25) is 11.7 Å². The molecule has 0 aliphatic rings. The topological polar surface area (TPSA) is 73.0 Å². The molecule has 0 saturated carbocycles. The number of aromatic nitrogens is 3. The van der Waals surface area contributed by atoms with Crippen LogP contribution < -0.4 is 5.32 Å². The fourth-order valence-corrected chi connectivity index (χ4v) is 3.09. The molecule has 26 heavy (non-hydrogen) atoms. The number of hydrogen-bond acceptors (Lipinski definition) is 5. The van der Waals surface area contributed by atoms with Crippen LogP contribution in [0.4, 0.5) is 0 Å². The fraction of sp³-hybridized carbons (Fsp3) is 0.316. The Labute approximate surface area is 157 Å². The molecule has 3 aromatic rings. The summed E-state index contributed by atoms with van der Waals surface area (Å²) in [6.45, 7) is 6.17. The second-order valence-corrected chi connectivity index (χ2v) is 7.29. The van der Waals surface area contributed by atoms with Gasteiger partial charge in [0.1, 0.15) is 0 Å². The molecule has 7 heteroatoms. The first-order valence-corrected chi connectivity index (χ1v) is 9.51. The van der Waals surface area contributed by atoms with Gasteiger partial charge in [0.05, 0.1) is 12.0 Å². The number of rotatable bonds is 7. The maximum atomic E-state index is 12.2. The molecule has 1 atom stereocenters. The quantitative estimate of drug-likeness (QED) is 0.641. The third kappa shape index (κ3) is 4.16. The molecule has 2 heterocycles. The molecule has 3 rings (SSSR count). The van der Waals surface area contributed by atoms with Gasteiger partial charge in [-0.1, -0.05) is 43.8 Å². The van der Waals surface area contributed by atoms with Crippen LogP contribution in [-0.2, 0) is 4.79 Å². The van der Waals surface area contributed by atoms with Crippen LogP contribution in [0.1, 0.15) is 20.8 Å². The van der Waals surface area contributed by atoms with Crippen LogP contribution in [0.25, 0.3) is 17.3 Å². The average Bonchev–Trinajstić information content (AvgIpc) is 3.29. The summed E-state index contributed by atoms with van der Waals surface area (Å²) in [4.78, 5) is 12.2. The molecule has 1 amide bonds. The third-order valence-corrected chi connectivity index (χ3v) is 5.04. The summed E-state index contributed by atoms with van der Waals surface area (Å²) in [5.74, 6) is 1.90. The minimum Gasteiger partial charge on any atom is -0.461 e. The van der Waals surface area contributed by atoms with E-state index < -0.39 is 0 Å². The normalized spacial score (nSPS) is 12.3. The van der Waals surface area contributed by atoms with Gasteiger partial charge in [-0.05, 0) is 37.1 Å². The van der Waals surface area contributed by atoms with Crippen molar-refractivity contribution < 1.29 is 9.21 Å². The molecule has 0 spiro atoms. The Hall–Kier alpha value is -2.54. The molecule has 1 aromatic carbocycles. The van der Waals surface area contributed by atoms with E-state index >= 15 is 0 Å². The van der Waals surface area contributed by atoms with E-state index in [1.54, 1.807) is 6.26 Å². The zero-order valence-electron chi connectivity index (χ0n) is 15.0. The molecule has 0 fully saturated rings. The Kier molecular flexibility index (Phi) is 5.78. The zero-order valence-corrected chi connectivity index (χ0v) is 15.9. The minimum absolute atomic E-state index is 0.0154. The van der Waals surface area contributed by atoms with Gasteiger partial charge in [-0.3, -0.25) is 9.36 Å². The number of furan rings is 1. The van der Waals surface area contributed by atoms with Crippen molar-refractivity contribution in [1.29, 1.82) is 0 Å². The van der Waals surface area contributed by atoms with Crippen LogP contribution in [-0.4, -0.2) is 32.5 Å². The highest BCUT2D eigenvalue weighted by Crippen LogP contribution is 2.28. The predicted molar refractivity (Wildman–Crippen MR) is 102 cm³/mol. The zero-order chi connectivity index (χ0) is 18.5. The number of para-hydroxylation sites is 1. The lowest BCUT2D eigenvalue weighted by Crippen LogP contribution is -2.37. The lowest BCUT2D eigenvalue weighted by molar-refractivity contribution is -0.119. The second kappa shape index (κ2) is 8.23. The molecule has 1 N–H and O–H groups in total. The number of carbonyl (C=O) groups is 1. The SMILES string of the molecule is CC(C)C(C)NC(=O)CSc1nnc(-c2ccco2)n1-c1ccccc1. The van der Waals surface area contributed by atoms with Crippen LogP contribution in [0.5, 0.6) is 0 Å². The van der Waals surface area contributed by atoms with Gasteiger partial charge in [-0.2, -0.15) is 0 Å². The lowest BCUT2D eigenvalue weighted by Gasteiger charge is -2.17. The van der Waals surface area contributed by atoms with Crippen molar-refractivity contribution in [3.63, 3.8) is 0 Å². The van der Waals surface area contributed by atoms with Crippen LogP contribution in [0, 0.1) is 5.92 Å². The summed E-state index contributed by atoms with van der Waals surface area (Å²) >= 11 is 1.36. The molecular weight excluding hydrogens is 348 g/mol. The Morgan fingerprint density at radius 3 is 2.58 bits per heavy atom. The predicted octanol–water partition coefficient (Wildman–Crippen LogP) is 3.78. The summed E-state index contributed by atoms with van der Waals surface area (Å²) < 4.78 is 7.39. The lowest BCUT2D eigenvalue weighted by atomic mass is 10.1. The van der Waals surface area contributed by atoms with E-state index in [2.05, 4.69) is 29.4 Å². The van der Waals surface area contributed by atoms with E-state index in [-0.39, 0.29) is 17.7 Å². The van der Waals surface area contributed by atoms with Gasteiger partial charge >= 0.3 is 0 Å². The van der Waals surface area contributed by atoms with Crippen molar-refractivity contribution >= 4 is 17.7 Å². The van der Waals surface area contributed by atoms with Gasteiger partial charge in [0, 0.05) is 11.7 Å². The number of nitrogens with one attached hydrogen (secondary N) is 1. The minimum atomic E-state index is -0.0154. The van der Waals surface area contributed by atoms with Crippen LogP contribution in [0.15, 0.2) is 58.3 Å². The molecule has 0 saturated heterocycles. The Balaban J connectivity index is 1.83. The maximum absolute atomic E-state index is 12.2. The number of amides is 1. The summed E-state index contributed by atoms with van der Waals surface area (Å²) in [5, 5.41) is 12.2. The standard InChI is InChI=1S/C19H22N4O2S/c1-13(2)14(3)20-17(24)12-26-19-22-21-18(16-10-7-11-25-16)23(19)15-8-5-4-6-9-15/h4-11,13-14H,12H2,1-3H3,(H,20,24). The van der Waals surface area contributed by atoms with E-state index in [1.807, 2.05) is 54.0 Å². The summed E-state index contributed by atoms with van der Waals surface area (Å²) in [6, 6.07) is 13.6. The van der Waals surface area contributed by atoms with Crippen molar-refractivity contribution in [1.82, 2.24) is 20.1 Å². The number of thioether (sulfide) groups is 1. The maximum Gasteiger partial charge on any atom is 0.230 e. The van der Waals surface area contributed by atoms with E-state index in [9.17, 15) is 4.79 Å². The smallest absolute Gasteiger partial charge is 0.230 e. The molecule has 6 nitrogen and oxygen atoms in total. The van der Waals surface area contributed by atoms with Crippen molar-refractivity contribution in [2.24, 2.45) is 5.92 Å². The van der Waals surface area contributed by atoms with Gasteiger partial charge in [0.25, 0.3) is 0 Å². The van der Waals surface area contributed by atoms with Crippen molar-refractivity contribution in [3.8, 4) is 17.3 Å². The number of carbonyl (C=O) groups excluding carboxylic acids is 1. The molecule has 0 bridgehead atoms. The van der Waals surface area contributed by atoms with Gasteiger partial charge in [-0.15, -0.1) is 10.2 Å². The van der Waals surface area contributed by atoms with Crippen LogP contribution >= 0.6 is 11.8 Å². The highest BCUT2D eigenvalue weighted by molar-refractivity contribution is 7.99. The number of benzene rings is 1.